The van der Waals surface area contributed by atoms with Crippen LogP contribution in [0.4, 0.5) is 11.4 Å². The Bertz CT molecular complexity index is 1030. The van der Waals surface area contributed by atoms with Crippen molar-refractivity contribution in [3.63, 3.8) is 0 Å². The molecule has 2 N–H and O–H groups in total. The predicted octanol–water partition coefficient (Wildman–Crippen LogP) is 2.36. The monoisotopic (exact) mass is 417 g/mol. The lowest BCUT2D eigenvalue weighted by Crippen LogP contribution is -2.34. The summed E-state index contributed by atoms with van der Waals surface area (Å²) >= 11 is 0. The van der Waals surface area contributed by atoms with Crippen molar-refractivity contribution in [2.75, 3.05) is 37.4 Å². The summed E-state index contributed by atoms with van der Waals surface area (Å²) in [5.74, 6) is 0.344. The van der Waals surface area contributed by atoms with Crippen LogP contribution in [-0.2, 0) is 10.0 Å². The summed E-state index contributed by atoms with van der Waals surface area (Å²) in [5, 5.41) is 10.2. The van der Waals surface area contributed by atoms with Gasteiger partial charge in [-0.3, -0.25) is 4.98 Å². The standard InChI is InChI=1S/C20H27N5O3S/c1-21-18-10-23-20-17(5-7-22-20)19(18)24(2)16-4-3-14(9-16)13-29(27,28)25-8-6-15(11-25)12-26/h5,7,10,14-16,26H,3-4,6,8-9,11-13H2,2H3,(H,22,23)/t14-,15?,16+/m0/s1. The second-order valence-electron chi connectivity index (χ2n) is 8.26. The molecule has 1 saturated carbocycles. The number of aliphatic hydroxyl groups is 1. The van der Waals surface area contributed by atoms with E-state index >= 15 is 0 Å². The summed E-state index contributed by atoms with van der Waals surface area (Å²) in [6, 6.07) is 2.13. The molecular weight excluding hydrogens is 390 g/mol. The highest BCUT2D eigenvalue weighted by atomic mass is 32.2. The summed E-state index contributed by atoms with van der Waals surface area (Å²) in [4.78, 5) is 13.2. The van der Waals surface area contributed by atoms with Crippen molar-refractivity contribution >= 4 is 32.4 Å². The number of aromatic amines is 1. The topological polar surface area (TPSA) is 93.9 Å². The van der Waals surface area contributed by atoms with Gasteiger partial charge in [-0.25, -0.2) is 17.6 Å². The van der Waals surface area contributed by atoms with Crippen LogP contribution in [0.3, 0.4) is 0 Å². The third kappa shape index (κ3) is 3.84. The maximum atomic E-state index is 12.8. The van der Waals surface area contributed by atoms with Gasteiger partial charge in [0.25, 0.3) is 0 Å². The zero-order valence-corrected chi connectivity index (χ0v) is 17.4. The van der Waals surface area contributed by atoms with Crippen molar-refractivity contribution < 1.29 is 13.5 Å². The van der Waals surface area contributed by atoms with Crippen molar-refractivity contribution in [1.29, 1.82) is 0 Å². The minimum absolute atomic E-state index is 0.0469. The van der Waals surface area contributed by atoms with Crippen molar-refractivity contribution in [3.8, 4) is 0 Å². The molecule has 0 radical (unpaired) electrons. The van der Waals surface area contributed by atoms with Crippen LogP contribution in [0, 0.1) is 18.4 Å². The first-order valence-corrected chi connectivity index (χ1v) is 11.7. The van der Waals surface area contributed by atoms with Crippen LogP contribution in [0.15, 0.2) is 18.5 Å². The third-order valence-corrected chi connectivity index (χ3v) is 8.43. The van der Waals surface area contributed by atoms with Crippen molar-refractivity contribution in [1.82, 2.24) is 14.3 Å². The highest BCUT2D eigenvalue weighted by Gasteiger charge is 2.36. The number of H-pyrrole nitrogens is 1. The first-order chi connectivity index (χ1) is 13.9. The lowest BCUT2D eigenvalue weighted by molar-refractivity contribution is 0.233. The Kier molecular flexibility index (Phi) is 5.51. The van der Waals surface area contributed by atoms with Gasteiger partial charge < -0.3 is 15.0 Å². The number of nitrogens with one attached hydrogen (secondary N) is 1. The minimum Gasteiger partial charge on any atom is -0.396 e. The van der Waals surface area contributed by atoms with Crippen molar-refractivity contribution in [3.05, 3.63) is 29.9 Å². The van der Waals surface area contributed by atoms with E-state index in [1.165, 1.54) is 0 Å². The van der Waals surface area contributed by atoms with Gasteiger partial charge in [0, 0.05) is 50.6 Å². The smallest absolute Gasteiger partial charge is 0.228 e. The number of rotatable bonds is 6. The fourth-order valence-corrected chi connectivity index (χ4v) is 6.70. The lowest BCUT2D eigenvalue weighted by Gasteiger charge is -2.29. The van der Waals surface area contributed by atoms with Gasteiger partial charge in [0.1, 0.15) is 5.65 Å². The molecule has 0 spiro atoms. The molecule has 2 fully saturated rings. The molecule has 8 nitrogen and oxygen atoms in total. The Morgan fingerprint density at radius 3 is 2.93 bits per heavy atom. The molecule has 3 heterocycles. The molecule has 2 aliphatic rings. The molecule has 1 unspecified atom stereocenters. The van der Waals surface area contributed by atoms with Crippen LogP contribution in [-0.4, -0.2) is 66.3 Å². The van der Waals surface area contributed by atoms with E-state index in [2.05, 4.69) is 19.7 Å². The number of aliphatic hydroxyl groups excluding tert-OH is 1. The van der Waals surface area contributed by atoms with E-state index in [1.807, 2.05) is 19.3 Å². The normalized spacial score (nSPS) is 25.5. The summed E-state index contributed by atoms with van der Waals surface area (Å²) in [7, 11) is -1.31. The Hall–Kier alpha value is -2.15. The fourth-order valence-electron chi connectivity index (χ4n) is 4.77. The van der Waals surface area contributed by atoms with Gasteiger partial charge in [-0.1, -0.05) is 0 Å². The number of aromatic nitrogens is 2. The van der Waals surface area contributed by atoms with Gasteiger partial charge in [-0.15, -0.1) is 0 Å². The molecule has 156 valence electrons. The molecular formula is C20H27N5O3S. The molecule has 0 bridgehead atoms. The number of fused-ring (bicyclic) bond motifs is 1. The Labute approximate surface area is 171 Å². The number of pyridine rings is 1. The predicted molar refractivity (Wildman–Crippen MR) is 112 cm³/mol. The van der Waals surface area contributed by atoms with E-state index < -0.39 is 10.0 Å². The largest absolute Gasteiger partial charge is 0.396 e. The molecule has 4 rings (SSSR count). The van der Waals surface area contributed by atoms with Crippen LogP contribution in [0.25, 0.3) is 15.9 Å². The minimum atomic E-state index is -3.30. The van der Waals surface area contributed by atoms with Gasteiger partial charge >= 0.3 is 0 Å². The summed E-state index contributed by atoms with van der Waals surface area (Å²) < 4.78 is 27.2. The van der Waals surface area contributed by atoms with E-state index in [9.17, 15) is 13.5 Å². The molecule has 1 aliphatic heterocycles. The summed E-state index contributed by atoms with van der Waals surface area (Å²) in [6.07, 6.45) is 6.71. The van der Waals surface area contributed by atoms with Gasteiger partial charge in [-0.05, 0) is 43.6 Å². The van der Waals surface area contributed by atoms with Crippen LogP contribution < -0.4 is 4.90 Å². The zero-order chi connectivity index (χ0) is 20.6. The van der Waals surface area contributed by atoms with Gasteiger partial charge in [-0.2, -0.15) is 0 Å². The maximum absolute atomic E-state index is 12.8. The van der Waals surface area contributed by atoms with E-state index in [-0.39, 0.29) is 30.2 Å². The SMILES string of the molecule is [C-]#[N+]c1cnc2[nH]ccc2c1N(C)[C@@H]1CC[C@H](CS(=O)(=O)N2CCC(CO)C2)C1. The number of sulfonamides is 1. The van der Waals surface area contributed by atoms with E-state index in [1.54, 1.807) is 10.5 Å². The molecule has 9 heteroatoms. The van der Waals surface area contributed by atoms with Crippen molar-refractivity contribution in [2.24, 2.45) is 11.8 Å². The highest BCUT2D eigenvalue weighted by Crippen LogP contribution is 2.40. The molecule has 0 amide bonds. The fraction of sp³-hybridized carbons (Fsp3) is 0.600. The van der Waals surface area contributed by atoms with E-state index in [0.29, 0.717) is 18.8 Å². The molecule has 1 aliphatic carbocycles. The van der Waals surface area contributed by atoms with Crippen molar-refractivity contribution in [2.45, 2.75) is 31.7 Å². The van der Waals surface area contributed by atoms with E-state index in [0.717, 1.165) is 42.4 Å². The number of hydrogen-bond acceptors (Lipinski definition) is 5. The molecule has 29 heavy (non-hydrogen) atoms. The van der Waals surface area contributed by atoms with Gasteiger partial charge in [0.05, 0.1) is 18.0 Å². The first kappa shape index (κ1) is 20.1. The van der Waals surface area contributed by atoms with E-state index in [4.69, 9.17) is 6.57 Å². The second-order valence-corrected chi connectivity index (χ2v) is 10.3. The molecule has 2 aromatic heterocycles. The third-order valence-electron chi connectivity index (χ3n) is 6.42. The Morgan fingerprint density at radius 2 is 2.21 bits per heavy atom. The summed E-state index contributed by atoms with van der Waals surface area (Å²) in [6.45, 7) is 8.51. The second kappa shape index (κ2) is 7.94. The molecule has 1 saturated heterocycles. The number of anilines is 1. The van der Waals surface area contributed by atoms with Gasteiger partial charge in [0.15, 0.2) is 0 Å². The summed E-state index contributed by atoms with van der Waals surface area (Å²) in [5.41, 5.74) is 2.14. The molecule has 2 aromatic rings. The average molecular weight is 418 g/mol. The molecule has 0 aromatic carbocycles. The van der Waals surface area contributed by atoms with Crippen LogP contribution in [0.1, 0.15) is 25.7 Å². The highest BCUT2D eigenvalue weighted by molar-refractivity contribution is 7.89. The number of hydrogen-bond donors (Lipinski definition) is 2. The van der Waals surface area contributed by atoms with Gasteiger partial charge in [0.2, 0.25) is 15.7 Å². The first-order valence-electron chi connectivity index (χ1n) is 10.1. The Balaban J connectivity index is 1.47. The molecule has 3 atom stereocenters. The van der Waals surface area contributed by atoms with Crippen LogP contribution >= 0.6 is 0 Å². The van der Waals surface area contributed by atoms with Crippen LogP contribution in [0.2, 0.25) is 0 Å². The zero-order valence-electron chi connectivity index (χ0n) is 16.6. The maximum Gasteiger partial charge on any atom is 0.228 e. The average Bonchev–Trinajstić information content (AvgIpc) is 3.45. The van der Waals surface area contributed by atoms with Crippen LogP contribution in [0.5, 0.6) is 0 Å². The quantitative estimate of drug-likeness (QED) is 0.704. The lowest BCUT2D eigenvalue weighted by atomic mass is 10.1. The Morgan fingerprint density at radius 1 is 1.38 bits per heavy atom. The number of nitrogens with zero attached hydrogens (tertiary/aromatic N) is 4.